The maximum Gasteiger partial charge on any atom is 0.233 e. The number of methoxy groups -OCH3 is 1. The number of amides is 1. The van der Waals surface area contributed by atoms with Crippen LogP contribution in [0.3, 0.4) is 0 Å². The van der Waals surface area contributed by atoms with Gasteiger partial charge in [-0.3, -0.25) is 9.36 Å². The maximum absolute atomic E-state index is 12.8. The van der Waals surface area contributed by atoms with Gasteiger partial charge in [0.1, 0.15) is 18.1 Å². The van der Waals surface area contributed by atoms with E-state index < -0.39 is 0 Å². The first kappa shape index (κ1) is 22.2. The second-order valence-electron chi connectivity index (χ2n) is 7.75. The van der Waals surface area contributed by atoms with Gasteiger partial charge in [-0.1, -0.05) is 30.0 Å². The Labute approximate surface area is 192 Å². The van der Waals surface area contributed by atoms with Crippen LogP contribution >= 0.6 is 11.8 Å². The molecule has 3 aromatic rings. The Hall–Kier alpha value is -3.00. The van der Waals surface area contributed by atoms with Gasteiger partial charge in [-0.25, -0.2) is 0 Å². The molecule has 1 aromatic heterocycles. The van der Waals surface area contributed by atoms with Crippen LogP contribution in [0.25, 0.3) is 5.69 Å². The summed E-state index contributed by atoms with van der Waals surface area (Å²) in [7, 11) is 1.63. The van der Waals surface area contributed by atoms with Crippen LogP contribution in [0.15, 0.2) is 59.8 Å². The minimum atomic E-state index is 0.154. The second kappa shape index (κ2) is 10.5. The van der Waals surface area contributed by atoms with Gasteiger partial charge >= 0.3 is 0 Å². The van der Waals surface area contributed by atoms with Gasteiger partial charge in [0.15, 0.2) is 11.0 Å². The van der Waals surface area contributed by atoms with Crippen LogP contribution in [0.2, 0.25) is 0 Å². The van der Waals surface area contributed by atoms with Crippen molar-refractivity contribution in [1.82, 2.24) is 19.7 Å². The molecule has 1 unspecified atom stereocenters. The molecular weight excluding hydrogens is 424 g/mol. The van der Waals surface area contributed by atoms with E-state index in [-0.39, 0.29) is 12.5 Å². The number of para-hydroxylation sites is 1. The summed E-state index contributed by atoms with van der Waals surface area (Å²) in [6, 6.07) is 17.6. The zero-order chi connectivity index (χ0) is 22.3. The fraction of sp³-hybridized carbons (Fsp3) is 0.375. The average molecular weight is 453 g/mol. The van der Waals surface area contributed by atoms with Crippen LogP contribution in [-0.4, -0.2) is 51.0 Å². The molecule has 1 aliphatic rings. The van der Waals surface area contributed by atoms with Crippen molar-refractivity contribution in [2.24, 2.45) is 0 Å². The lowest BCUT2D eigenvalue weighted by atomic mass is 10.0. The van der Waals surface area contributed by atoms with Crippen LogP contribution < -0.4 is 9.47 Å². The topological polar surface area (TPSA) is 69.5 Å². The molecule has 0 aliphatic carbocycles. The Bertz CT molecular complexity index is 1020. The van der Waals surface area contributed by atoms with Crippen molar-refractivity contribution in [2.45, 2.75) is 44.0 Å². The number of likely N-dealkylation sites (tertiary alicyclic amines) is 1. The maximum atomic E-state index is 12.8. The molecule has 168 valence electrons. The first-order valence-corrected chi connectivity index (χ1v) is 11.8. The standard InChI is InChI=1S/C24H28N4O3S/c1-18-8-6-7-15-27(18)23(29)17-32-24-26-25-22(28(24)19-9-4-3-5-10-19)16-31-21-13-11-20(30-2)12-14-21/h3-5,9-14,18H,6-8,15-17H2,1-2H3. The lowest BCUT2D eigenvalue weighted by molar-refractivity contribution is -0.131. The molecule has 7 nitrogen and oxygen atoms in total. The molecule has 0 saturated carbocycles. The van der Waals surface area contributed by atoms with Crippen molar-refractivity contribution >= 4 is 17.7 Å². The lowest BCUT2D eigenvalue weighted by Gasteiger charge is -2.33. The molecule has 1 amide bonds. The molecule has 0 spiro atoms. The molecule has 32 heavy (non-hydrogen) atoms. The molecule has 1 atom stereocenters. The summed E-state index contributed by atoms with van der Waals surface area (Å²) in [4.78, 5) is 14.8. The minimum Gasteiger partial charge on any atom is -0.497 e. The van der Waals surface area contributed by atoms with Crippen molar-refractivity contribution < 1.29 is 14.3 Å². The van der Waals surface area contributed by atoms with Crippen LogP contribution in [0, 0.1) is 0 Å². The van der Waals surface area contributed by atoms with E-state index in [1.165, 1.54) is 18.2 Å². The van der Waals surface area contributed by atoms with Crippen molar-refractivity contribution in [3.8, 4) is 17.2 Å². The quantitative estimate of drug-likeness (QED) is 0.474. The van der Waals surface area contributed by atoms with Gasteiger partial charge in [0.25, 0.3) is 0 Å². The van der Waals surface area contributed by atoms with Gasteiger partial charge in [0, 0.05) is 18.3 Å². The smallest absolute Gasteiger partial charge is 0.233 e. The summed E-state index contributed by atoms with van der Waals surface area (Å²) in [6.45, 7) is 3.22. The molecule has 0 radical (unpaired) electrons. The second-order valence-corrected chi connectivity index (χ2v) is 8.70. The predicted molar refractivity (Wildman–Crippen MR) is 124 cm³/mol. The number of piperidine rings is 1. The highest BCUT2D eigenvalue weighted by atomic mass is 32.2. The highest BCUT2D eigenvalue weighted by Gasteiger charge is 2.24. The first-order valence-electron chi connectivity index (χ1n) is 10.8. The zero-order valence-corrected chi connectivity index (χ0v) is 19.3. The summed E-state index contributed by atoms with van der Waals surface area (Å²) in [5.41, 5.74) is 0.937. The van der Waals surface area contributed by atoms with Gasteiger partial charge in [-0.15, -0.1) is 10.2 Å². The van der Waals surface area contributed by atoms with Crippen LogP contribution in [0.1, 0.15) is 32.0 Å². The number of rotatable bonds is 8. The van der Waals surface area contributed by atoms with Gasteiger partial charge < -0.3 is 14.4 Å². The molecule has 0 bridgehead atoms. The number of aromatic nitrogens is 3. The van der Waals surface area contributed by atoms with E-state index in [1.54, 1.807) is 7.11 Å². The van der Waals surface area contributed by atoms with Crippen molar-refractivity contribution in [3.05, 3.63) is 60.4 Å². The Morgan fingerprint density at radius 1 is 1.06 bits per heavy atom. The molecule has 2 aromatic carbocycles. The highest BCUT2D eigenvalue weighted by Crippen LogP contribution is 2.25. The van der Waals surface area contributed by atoms with Crippen molar-refractivity contribution in [3.63, 3.8) is 0 Å². The molecule has 8 heteroatoms. The molecule has 2 heterocycles. The third-order valence-corrected chi connectivity index (χ3v) is 6.50. The molecule has 0 N–H and O–H groups in total. The number of benzene rings is 2. The number of thioether (sulfide) groups is 1. The molecule has 1 aliphatic heterocycles. The van der Waals surface area contributed by atoms with Crippen molar-refractivity contribution in [2.75, 3.05) is 19.4 Å². The SMILES string of the molecule is COc1ccc(OCc2nnc(SCC(=O)N3CCCCC3C)n2-c2ccccc2)cc1. The van der Waals surface area contributed by atoms with Gasteiger partial charge in [0.05, 0.1) is 12.9 Å². The molecule has 4 rings (SSSR count). The monoisotopic (exact) mass is 452 g/mol. The first-order chi connectivity index (χ1) is 15.7. The van der Waals surface area contributed by atoms with Gasteiger partial charge in [0.2, 0.25) is 5.91 Å². The minimum absolute atomic E-state index is 0.154. The fourth-order valence-electron chi connectivity index (χ4n) is 3.82. The predicted octanol–water partition coefficient (Wildman–Crippen LogP) is 4.35. The number of hydrogen-bond donors (Lipinski definition) is 0. The Kier molecular flexibility index (Phi) is 7.32. The normalized spacial score (nSPS) is 16.1. The Morgan fingerprint density at radius 3 is 2.53 bits per heavy atom. The van der Waals surface area contributed by atoms with Crippen molar-refractivity contribution in [1.29, 1.82) is 0 Å². The van der Waals surface area contributed by atoms with Crippen LogP contribution in [0.4, 0.5) is 0 Å². The molecular formula is C24H28N4O3S. The third kappa shape index (κ3) is 5.24. The number of ether oxygens (including phenoxy) is 2. The average Bonchev–Trinajstić information content (AvgIpc) is 3.25. The highest BCUT2D eigenvalue weighted by molar-refractivity contribution is 7.99. The number of carbonyl (C=O) groups is 1. The van der Waals surface area contributed by atoms with E-state index in [4.69, 9.17) is 9.47 Å². The van der Waals surface area contributed by atoms with E-state index in [2.05, 4.69) is 17.1 Å². The van der Waals surface area contributed by atoms with Gasteiger partial charge in [-0.2, -0.15) is 0 Å². The van der Waals surface area contributed by atoms with E-state index in [1.807, 2.05) is 64.1 Å². The largest absolute Gasteiger partial charge is 0.497 e. The Morgan fingerprint density at radius 2 is 1.81 bits per heavy atom. The number of hydrogen-bond acceptors (Lipinski definition) is 6. The van der Waals surface area contributed by atoms with E-state index in [9.17, 15) is 4.79 Å². The molecule has 1 saturated heterocycles. The molecule has 1 fully saturated rings. The van der Waals surface area contributed by atoms with Crippen LogP contribution in [-0.2, 0) is 11.4 Å². The van der Waals surface area contributed by atoms with Gasteiger partial charge in [-0.05, 0) is 62.6 Å². The third-order valence-electron chi connectivity index (χ3n) is 5.59. The lowest BCUT2D eigenvalue weighted by Crippen LogP contribution is -2.42. The summed E-state index contributed by atoms with van der Waals surface area (Å²) in [5, 5.41) is 9.42. The summed E-state index contributed by atoms with van der Waals surface area (Å²) in [5.74, 6) is 2.66. The summed E-state index contributed by atoms with van der Waals surface area (Å²) >= 11 is 1.42. The summed E-state index contributed by atoms with van der Waals surface area (Å²) in [6.07, 6.45) is 3.34. The summed E-state index contributed by atoms with van der Waals surface area (Å²) < 4.78 is 13.1. The van der Waals surface area contributed by atoms with Crippen LogP contribution in [0.5, 0.6) is 11.5 Å². The van der Waals surface area contributed by atoms with E-state index >= 15 is 0 Å². The zero-order valence-electron chi connectivity index (χ0n) is 18.4. The van der Waals surface area contributed by atoms with E-state index in [0.717, 1.165) is 36.6 Å². The Balaban J connectivity index is 1.49. The number of nitrogens with zero attached hydrogens (tertiary/aromatic N) is 4. The fourth-order valence-corrected chi connectivity index (χ4v) is 4.68. The number of carbonyl (C=O) groups excluding carboxylic acids is 1. The van der Waals surface area contributed by atoms with E-state index in [0.29, 0.717) is 22.8 Å².